The molecule has 0 radical (unpaired) electrons. The van der Waals surface area contributed by atoms with Gasteiger partial charge in [0.15, 0.2) is 0 Å². The Morgan fingerprint density at radius 3 is 2.02 bits per heavy atom. The van der Waals surface area contributed by atoms with Crippen LogP contribution in [-0.4, -0.2) is 49.1 Å². The molecule has 2 aromatic carbocycles. The molecule has 0 heterocycles. The highest BCUT2D eigenvalue weighted by molar-refractivity contribution is 7.92. The van der Waals surface area contributed by atoms with Gasteiger partial charge in [-0.3, -0.25) is 9.59 Å². The Kier molecular flexibility index (Phi) is 12.7. The second kappa shape index (κ2) is 15.3. The molecule has 0 saturated carbocycles. The maximum Gasteiger partial charge on any atom is 0.238 e. The van der Waals surface area contributed by atoms with Crippen LogP contribution in [0.15, 0.2) is 66.1 Å². The predicted octanol–water partition coefficient (Wildman–Crippen LogP) is 3.48. The molecular weight excluding hydrogens is 540 g/mol. The Morgan fingerprint density at radius 2 is 1.49 bits per heavy atom. The molecule has 0 bridgehead atoms. The summed E-state index contributed by atoms with van der Waals surface area (Å²) in [7, 11) is -3.97. The number of carbonyl (C=O) groups excluding carboxylic acids is 2. The fourth-order valence-electron chi connectivity index (χ4n) is 4.31. The number of hydrogen-bond donors (Lipinski definition) is 5. The summed E-state index contributed by atoms with van der Waals surface area (Å²) in [6, 6.07) is 14.7. The lowest BCUT2D eigenvalue weighted by Crippen LogP contribution is -2.58. The van der Waals surface area contributed by atoms with Gasteiger partial charge < -0.3 is 21.5 Å². The van der Waals surface area contributed by atoms with Crippen LogP contribution in [0.4, 0.5) is 0 Å². The van der Waals surface area contributed by atoms with Gasteiger partial charge in [-0.2, -0.15) is 4.72 Å². The lowest BCUT2D eigenvalue weighted by Gasteiger charge is -2.36. The number of carbonyl (C=O) groups is 2. The molecule has 0 fully saturated rings. The van der Waals surface area contributed by atoms with E-state index in [-0.39, 0.29) is 11.8 Å². The minimum Gasteiger partial charge on any atom is -0.390 e. The Hall–Kier alpha value is -3.05. The second-order valence-corrected chi connectivity index (χ2v) is 13.5. The van der Waals surface area contributed by atoms with Crippen LogP contribution in [0.2, 0.25) is 0 Å². The van der Waals surface area contributed by atoms with E-state index in [1.165, 1.54) is 13.0 Å². The molecule has 41 heavy (non-hydrogen) atoms. The Balaban J connectivity index is 2.32. The van der Waals surface area contributed by atoms with Gasteiger partial charge in [0, 0.05) is 10.9 Å². The SMILES string of the molecule is CC(C)CCC(C(=O)NC(C)(C)C)[C@@H](O)[C@@H](NC(=O)[C@H](C)NS(=O)(=O)C=Cc1ccccc1)C(N)c1ccccc1. The van der Waals surface area contributed by atoms with Crippen molar-refractivity contribution in [3.05, 3.63) is 77.2 Å². The van der Waals surface area contributed by atoms with Crippen molar-refractivity contribution in [2.45, 2.75) is 84.2 Å². The number of amides is 2. The normalized spacial score (nSPS) is 16.1. The number of benzene rings is 2. The van der Waals surface area contributed by atoms with Gasteiger partial charge >= 0.3 is 0 Å². The molecule has 2 rings (SSSR count). The number of sulfonamides is 1. The summed E-state index contributed by atoms with van der Waals surface area (Å²) in [5.74, 6) is -1.61. The lowest BCUT2D eigenvalue weighted by molar-refractivity contribution is -0.133. The number of hydrogen-bond acceptors (Lipinski definition) is 6. The third-order valence-electron chi connectivity index (χ3n) is 6.52. The summed E-state index contributed by atoms with van der Waals surface area (Å²) in [6.45, 7) is 11.0. The minimum absolute atomic E-state index is 0.279. The zero-order valence-electron chi connectivity index (χ0n) is 24.9. The first-order valence-electron chi connectivity index (χ1n) is 14.0. The zero-order chi connectivity index (χ0) is 30.8. The first-order chi connectivity index (χ1) is 19.1. The number of rotatable bonds is 14. The molecule has 9 nitrogen and oxygen atoms in total. The molecule has 6 N–H and O–H groups in total. The highest BCUT2D eigenvalue weighted by Gasteiger charge is 2.39. The van der Waals surface area contributed by atoms with Crippen LogP contribution >= 0.6 is 0 Å². The van der Waals surface area contributed by atoms with E-state index in [4.69, 9.17) is 5.73 Å². The van der Waals surface area contributed by atoms with Crippen LogP contribution in [0.3, 0.4) is 0 Å². The van der Waals surface area contributed by atoms with E-state index in [1.54, 1.807) is 48.5 Å². The van der Waals surface area contributed by atoms with Gasteiger partial charge in [0.25, 0.3) is 0 Å². The maximum atomic E-state index is 13.3. The second-order valence-electron chi connectivity index (χ2n) is 11.9. The van der Waals surface area contributed by atoms with Crippen molar-refractivity contribution in [3.63, 3.8) is 0 Å². The zero-order valence-corrected chi connectivity index (χ0v) is 25.7. The fourth-order valence-corrected chi connectivity index (χ4v) is 5.33. The number of aliphatic hydroxyl groups is 1. The minimum atomic E-state index is -3.97. The molecule has 5 atom stereocenters. The molecular formula is C31H46N4O5S. The summed E-state index contributed by atoms with van der Waals surface area (Å²) in [6.07, 6.45) is 1.13. The summed E-state index contributed by atoms with van der Waals surface area (Å²) >= 11 is 0. The molecule has 0 spiro atoms. The van der Waals surface area contributed by atoms with Crippen molar-refractivity contribution in [2.24, 2.45) is 17.6 Å². The van der Waals surface area contributed by atoms with Gasteiger partial charge in [-0.05, 0) is 57.2 Å². The van der Waals surface area contributed by atoms with E-state index < -0.39 is 51.6 Å². The van der Waals surface area contributed by atoms with Crippen molar-refractivity contribution in [1.29, 1.82) is 0 Å². The Labute approximate surface area is 245 Å². The molecule has 0 aliphatic rings. The molecule has 0 aliphatic heterocycles. The van der Waals surface area contributed by atoms with Crippen LogP contribution in [0.5, 0.6) is 0 Å². The first-order valence-corrected chi connectivity index (χ1v) is 15.5. The maximum absolute atomic E-state index is 13.3. The van der Waals surface area contributed by atoms with E-state index in [0.29, 0.717) is 24.0 Å². The number of nitrogens with one attached hydrogen (secondary N) is 3. The standard InChI is InChI=1S/C31H46N4O5S/c1-21(2)17-18-25(30(38)34-31(4,5)6)28(36)27(26(32)24-15-11-8-12-16-24)33-29(37)22(3)35-41(39,40)20-19-23-13-9-7-10-14-23/h7-16,19-22,25-28,35-36H,17-18,32H2,1-6H3,(H,33,37)(H,34,38)/t22-,25?,26?,27-,28+/m0/s1. The summed E-state index contributed by atoms with van der Waals surface area (Å²) in [5.41, 5.74) is 7.39. The third-order valence-corrected chi connectivity index (χ3v) is 7.70. The average molecular weight is 587 g/mol. The molecule has 0 saturated heterocycles. The highest BCUT2D eigenvalue weighted by atomic mass is 32.2. The quantitative estimate of drug-likeness (QED) is 0.229. The highest BCUT2D eigenvalue weighted by Crippen LogP contribution is 2.25. The summed E-state index contributed by atoms with van der Waals surface area (Å²) in [5, 5.41) is 18.3. The Bertz CT molecular complexity index is 1240. The molecule has 0 aliphatic carbocycles. The molecule has 10 heteroatoms. The van der Waals surface area contributed by atoms with Crippen LogP contribution in [-0.2, 0) is 19.6 Å². The van der Waals surface area contributed by atoms with E-state index >= 15 is 0 Å². The van der Waals surface area contributed by atoms with Gasteiger partial charge in [-0.15, -0.1) is 0 Å². The number of aliphatic hydroxyl groups excluding tert-OH is 1. The van der Waals surface area contributed by atoms with E-state index in [9.17, 15) is 23.1 Å². The van der Waals surface area contributed by atoms with Gasteiger partial charge in [0.1, 0.15) is 0 Å². The Morgan fingerprint density at radius 1 is 0.927 bits per heavy atom. The van der Waals surface area contributed by atoms with Crippen molar-refractivity contribution < 1.29 is 23.1 Å². The third kappa shape index (κ3) is 11.8. The largest absolute Gasteiger partial charge is 0.390 e. The van der Waals surface area contributed by atoms with Gasteiger partial charge in [-0.1, -0.05) is 80.9 Å². The summed E-state index contributed by atoms with van der Waals surface area (Å²) < 4.78 is 27.7. The predicted molar refractivity (Wildman–Crippen MR) is 164 cm³/mol. The monoisotopic (exact) mass is 586 g/mol. The van der Waals surface area contributed by atoms with Crippen molar-refractivity contribution in [3.8, 4) is 0 Å². The summed E-state index contributed by atoms with van der Waals surface area (Å²) in [4.78, 5) is 26.7. The van der Waals surface area contributed by atoms with E-state index in [1.807, 2.05) is 46.8 Å². The topological polar surface area (TPSA) is 151 Å². The van der Waals surface area contributed by atoms with E-state index in [2.05, 4.69) is 15.4 Å². The van der Waals surface area contributed by atoms with Crippen LogP contribution in [0, 0.1) is 11.8 Å². The smallest absolute Gasteiger partial charge is 0.238 e. The van der Waals surface area contributed by atoms with Crippen molar-refractivity contribution in [1.82, 2.24) is 15.4 Å². The fraction of sp³-hybridized carbons (Fsp3) is 0.484. The van der Waals surface area contributed by atoms with Crippen LogP contribution in [0.25, 0.3) is 6.08 Å². The van der Waals surface area contributed by atoms with Gasteiger partial charge in [0.05, 0.1) is 30.1 Å². The average Bonchev–Trinajstić information content (AvgIpc) is 2.89. The molecule has 2 unspecified atom stereocenters. The molecule has 226 valence electrons. The molecule has 2 amide bonds. The first kappa shape index (κ1) is 34.2. The van der Waals surface area contributed by atoms with Crippen LogP contribution < -0.4 is 21.1 Å². The van der Waals surface area contributed by atoms with Crippen molar-refractivity contribution >= 4 is 27.9 Å². The molecule has 2 aromatic rings. The molecule has 0 aromatic heterocycles. The van der Waals surface area contributed by atoms with Crippen LogP contribution in [0.1, 0.15) is 71.6 Å². The van der Waals surface area contributed by atoms with Gasteiger partial charge in [-0.25, -0.2) is 8.42 Å². The lowest BCUT2D eigenvalue weighted by atomic mass is 9.83. The number of nitrogens with two attached hydrogens (primary N) is 1. The van der Waals surface area contributed by atoms with Crippen molar-refractivity contribution in [2.75, 3.05) is 0 Å². The van der Waals surface area contributed by atoms with Gasteiger partial charge in [0.2, 0.25) is 21.8 Å². The van der Waals surface area contributed by atoms with E-state index in [0.717, 1.165) is 5.41 Å².